The smallest absolute Gasteiger partial charge is 0.362 e. The Morgan fingerprint density at radius 1 is 1.30 bits per heavy atom. The number of H-pyrrole nitrogens is 1. The average Bonchev–Trinajstić information content (AvgIpc) is 2.67. The lowest BCUT2D eigenvalue weighted by atomic mass is 10.0. The van der Waals surface area contributed by atoms with Crippen molar-refractivity contribution >= 4 is 62.1 Å². The SMILES string of the molecule is C[N+](C)(C)C(Cc1c[nH]c2cc(I)c(I)cc12)C(=O)O. The number of likely N-dealkylation sites (N-methyl/N-ethyl adjacent to an activating group) is 1. The maximum absolute atomic E-state index is 11.5. The highest BCUT2D eigenvalue weighted by atomic mass is 127. The van der Waals surface area contributed by atoms with E-state index >= 15 is 0 Å². The summed E-state index contributed by atoms with van der Waals surface area (Å²) in [6.07, 6.45) is 2.46. The number of carboxylic acid groups (broad SMARTS) is 1. The van der Waals surface area contributed by atoms with Crippen molar-refractivity contribution in [2.24, 2.45) is 0 Å². The molecule has 20 heavy (non-hydrogen) atoms. The zero-order valence-electron chi connectivity index (χ0n) is 11.6. The highest BCUT2D eigenvalue weighted by Gasteiger charge is 2.32. The summed E-state index contributed by atoms with van der Waals surface area (Å²) in [5, 5.41) is 10.6. The number of rotatable bonds is 4. The third kappa shape index (κ3) is 3.28. The van der Waals surface area contributed by atoms with Gasteiger partial charge in [-0.05, 0) is 62.9 Å². The number of nitrogens with one attached hydrogen (secondary N) is 1. The van der Waals surface area contributed by atoms with Crippen LogP contribution in [0.2, 0.25) is 0 Å². The van der Waals surface area contributed by atoms with E-state index in [0.29, 0.717) is 10.9 Å². The fourth-order valence-corrected chi connectivity index (χ4v) is 3.18. The van der Waals surface area contributed by atoms with E-state index < -0.39 is 12.0 Å². The van der Waals surface area contributed by atoms with Crippen LogP contribution in [0.1, 0.15) is 5.56 Å². The van der Waals surface area contributed by atoms with E-state index in [1.807, 2.05) is 27.3 Å². The summed E-state index contributed by atoms with van der Waals surface area (Å²) in [6.45, 7) is 0. The molecule has 1 aromatic carbocycles. The fourth-order valence-electron chi connectivity index (χ4n) is 2.24. The minimum absolute atomic E-state index is 0.406. The van der Waals surface area contributed by atoms with Crippen molar-refractivity contribution in [1.29, 1.82) is 0 Å². The Balaban J connectivity index is 2.43. The van der Waals surface area contributed by atoms with Crippen LogP contribution in [-0.2, 0) is 11.2 Å². The number of aromatic nitrogens is 1. The lowest BCUT2D eigenvalue weighted by Crippen LogP contribution is -2.51. The number of benzene rings is 1. The number of carboxylic acids is 1. The van der Waals surface area contributed by atoms with Gasteiger partial charge in [0.15, 0.2) is 6.04 Å². The fraction of sp³-hybridized carbons (Fsp3) is 0.357. The second kappa shape index (κ2) is 5.80. The summed E-state index contributed by atoms with van der Waals surface area (Å²) in [5.41, 5.74) is 2.13. The van der Waals surface area contributed by atoms with Crippen LogP contribution in [0.4, 0.5) is 0 Å². The molecule has 0 radical (unpaired) electrons. The van der Waals surface area contributed by atoms with Crippen LogP contribution in [0.15, 0.2) is 18.3 Å². The van der Waals surface area contributed by atoms with E-state index in [0.717, 1.165) is 16.5 Å². The molecule has 1 heterocycles. The van der Waals surface area contributed by atoms with Gasteiger partial charge in [0.1, 0.15) is 0 Å². The predicted octanol–water partition coefficient (Wildman–Crippen LogP) is 3.08. The standard InChI is InChI=1S/C14H16I2N2O2/c1-18(2,3)13(14(19)20)4-8-7-17-12-6-11(16)10(15)5-9(8)12/h5-7,13,17H,4H2,1-3H3/p+1. The molecule has 1 aromatic heterocycles. The van der Waals surface area contributed by atoms with E-state index in [4.69, 9.17) is 0 Å². The summed E-state index contributed by atoms with van der Waals surface area (Å²) >= 11 is 4.61. The largest absolute Gasteiger partial charge is 0.477 e. The van der Waals surface area contributed by atoms with Crippen LogP contribution in [0, 0.1) is 7.14 Å². The first-order chi connectivity index (χ1) is 9.20. The number of halogens is 2. The molecular formula is C14H17I2N2O2+. The van der Waals surface area contributed by atoms with Crippen molar-refractivity contribution < 1.29 is 14.4 Å². The molecule has 2 aromatic rings. The van der Waals surface area contributed by atoms with Crippen molar-refractivity contribution in [1.82, 2.24) is 4.98 Å². The summed E-state index contributed by atoms with van der Waals surface area (Å²) in [5.74, 6) is -0.757. The molecule has 0 aliphatic heterocycles. The van der Waals surface area contributed by atoms with E-state index in [1.165, 1.54) is 7.14 Å². The van der Waals surface area contributed by atoms with Crippen LogP contribution < -0.4 is 0 Å². The molecule has 108 valence electrons. The van der Waals surface area contributed by atoms with Gasteiger partial charge in [0.2, 0.25) is 0 Å². The summed E-state index contributed by atoms with van der Waals surface area (Å²) < 4.78 is 2.79. The predicted molar refractivity (Wildman–Crippen MR) is 96.9 cm³/mol. The van der Waals surface area contributed by atoms with E-state index in [1.54, 1.807) is 0 Å². The van der Waals surface area contributed by atoms with Crippen LogP contribution in [-0.4, -0.2) is 47.7 Å². The number of aliphatic carboxylic acids is 1. The Morgan fingerprint density at radius 3 is 2.45 bits per heavy atom. The molecule has 0 spiro atoms. The lowest BCUT2D eigenvalue weighted by molar-refractivity contribution is -0.887. The van der Waals surface area contributed by atoms with Gasteiger partial charge in [0.05, 0.1) is 21.1 Å². The van der Waals surface area contributed by atoms with Crippen molar-refractivity contribution in [2.45, 2.75) is 12.5 Å². The topological polar surface area (TPSA) is 53.1 Å². The molecule has 0 saturated carbocycles. The maximum atomic E-state index is 11.5. The van der Waals surface area contributed by atoms with Gasteiger partial charge >= 0.3 is 5.97 Å². The molecule has 2 rings (SSSR count). The maximum Gasteiger partial charge on any atom is 0.362 e. The highest BCUT2D eigenvalue weighted by Crippen LogP contribution is 2.27. The minimum atomic E-state index is -0.757. The molecule has 1 atom stereocenters. The van der Waals surface area contributed by atoms with Crippen molar-refractivity contribution in [2.75, 3.05) is 21.1 Å². The summed E-state index contributed by atoms with van der Waals surface area (Å²) in [4.78, 5) is 14.7. The summed E-state index contributed by atoms with van der Waals surface area (Å²) in [6, 6.07) is 3.77. The first-order valence-electron chi connectivity index (χ1n) is 6.19. The number of carbonyl (C=O) groups is 1. The van der Waals surface area contributed by atoms with Crippen molar-refractivity contribution in [3.8, 4) is 0 Å². The van der Waals surface area contributed by atoms with Gasteiger partial charge in [-0.25, -0.2) is 4.79 Å². The quantitative estimate of drug-likeness (QED) is 0.503. The number of fused-ring (bicyclic) bond motifs is 1. The molecule has 6 heteroatoms. The number of hydrogen-bond acceptors (Lipinski definition) is 1. The molecule has 0 bridgehead atoms. The zero-order chi connectivity index (χ0) is 15.1. The molecule has 1 unspecified atom stereocenters. The monoisotopic (exact) mass is 499 g/mol. The lowest BCUT2D eigenvalue weighted by Gasteiger charge is -2.31. The molecule has 0 aliphatic carbocycles. The van der Waals surface area contributed by atoms with Gasteiger partial charge < -0.3 is 14.6 Å². The Hall–Kier alpha value is -0.350. The highest BCUT2D eigenvalue weighted by molar-refractivity contribution is 14.1. The van der Waals surface area contributed by atoms with Crippen LogP contribution in [0.5, 0.6) is 0 Å². The van der Waals surface area contributed by atoms with Gasteiger partial charge in [-0.1, -0.05) is 0 Å². The van der Waals surface area contributed by atoms with Crippen LogP contribution >= 0.6 is 45.2 Å². The number of nitrogens with zero attached hydrogens (tertiary/aromatic N) is 1. The van der Waals surface area contributed by atoms with Gasteiger partial charge in [-0.15, -0.1) is 0 Å². The number of aromatic amines is 1. The minimum Gasteiger partial charge on any atom is -0.477 e. The van der Waals surface area contributed by atoms with Crippen LogP contribution in [0.25, 0.3) is 10.9 Å². The molecular weight excluding hydrogens is 482 g/mol. The molecule has 0 fully saturated rings. The van der Waals surface area contributed by atoms with E-state index in [2.05, 4.69) is 62.3 Å². The molecule has 0 saturated heterocycles. The number of quaternary nitrogens is 1. The Bertz CT molecular complexity index is 659. The second-order valence-electron chi connectivity index (χ2n) is 5.80. The van der Waals surface area contributed by atoms with Gasteiger partial charge in [0.25, 0.3) is 0 Å². The van der Waals surface area contributed by atoms with Crippen molar-refractivity contribution in [3.63, 3.8) is 0 Å². The van der Waals surface area contributed by atoms with Crippen molar-refractivity contribution in [3.05, 3.63) is 31.0 Å². The third-order valence-electron chi connectivity index (χ3n) is 3.44. The molecule has 0 amide bonds. The van der Waals surface area contributed by atoms with Gasteiger partial charge in [-0.2, -0.15) is 0 Å². The Morgan fingerprint density at radius 2 is 1.90 bits per heavy atom. The summed E-state index contributed by atoms with van der Waals surface area (Å²) in [7, 11) is 5.75. The van der Waals surface area contributed by atoms with Gasteiger partial charge in [0, 0.05) is 30.7 Å². The molecule has 2 N–H and O–H groups in total. The van der Waals surface area contributed by atoms with Gasteiger partial charge in [-0.3, -0.25) is 0 Å². The van der Waals surface area contributed by atoms with Crippen LogP contribution in [0.3, 0.4) is 0 Å². The Labute approximate surface area is 145 Å². The zero-order valence-corrected chi connectivity index (χ0v) is 15.9. The normalized spacial score (nSPS) is 13.7. The number of hydrogen-bond donors (Lipinski definition) is 2. The van der Waals surface area contributed by atoms with E-state index in [-0.39, 0.29) is 0 Å². The average molecular weight is 499 g/mol. The molecule has 0 aliphatic rings. The van der Waals surface area contributed by atoms with E-state index in [9.17, 15) is 9.90 Å². The molecule has 4 nitrogen and oxygen atoms in total. The first kappa shape index (κ1) is 16.0. The Kier molecular flexibility index (Phi) is 4.65. The third-order valence-corrected chi connectivity index (χ3v) is 6.26. The first-order valence-corrected chi connectivity index (χ1v) is 8.35. The second-order valence-corrected chi connectivity index (χ2v) is 8.12.